The lowest BCUT2D eigenvalue weighted by Crippen LogP contribution is -2.28. The molecule has 0 spiro atoms. The summed E-state index contributed by atoms with van der Waals surface area (Å²) in [7, 11) is -3.64. The highest BCUT2D eigenvalue weighted by molar-refractivity contribution is 7.89. The minimum atomic E-state index is -3.64. The molecule has 4 nitrogen and oxygen atoms in total. The van der Waals surface area contributed by atoms with Gasteiger partial charge >= 0.3 is 0 Å². The minimum Gasteiger partial charge on any atom is -0.393 e. The first-order chi connectivity index (χ1) is 8.90. The summed E-state index contributed by atoms with van der Waals surface area (Å²) in [5, 5.41) is 9.66. The molecule has 0 amide bonds. The van der Waals surface area contributed by atoms with Gasteiger partial charge in [0.05, 0.1) is 11.0 Å². The van der Waals surface area contributed by atoms with E-state index in [-0.39, 0.29) is 11.4 Å². The summed E-state index contributed by atoms with van der Waals surface area (Å²) in [4.78, 5) is 0.0785. The van der Waals surface area contributed by atoms with E-state index in [9.17, 15) is 17.9 Å². The quantitative estimate of drug-likeness (QED) is 0.834. The lowest BCUT2D eigenvalue weighted by Gasteiger charge is -2.11. The van der Waals surface area contributed by atoms with Crippen molar-refractivity contribution in [3.8, 4) is 0 Å². The second-order valence-corrected chi connectivity index (χ2v) is 6.74. The molecule has 0 saturated heterocycles. The molecule has 1 aliphatic carbocycles. The molecule has 1 aromatic rings. The molecule has 1 aliphatic rings. The smallest absolute Gasteiger partial charge is 0.240 e. The third kappa shape index (κ3) is 3.75. The zero-order valence-corrected chi connectivity index (χ0v) is 11.6. The van der Waals surface area contributed by atoms with E-state index in [4.69, 9.17) is 0 Å². The van der Waals surface area contributed by atoms with Gasteiger partial charge in [0.25, 0.3) is 0 Å². The molecule has 106 valence electrons. The third-order valence-electron chi connectivity index (χ3n) is 3.32. The van der Waals surface area contributed by atoms with Crippen molar-refractivity contribution in [3.05, 3.63) is 29.6 Å². The van der Waals surface area contributed by atoms with Crippen LogP contribution in [0.15, 0.2) is 23.1 Å². The topological polar surface area (TPSA) is 66.4 Å². The summed E-state index contributed by atoms with van der Waals surface area (Å²) in [6, 6.07) is 3.57. The normalized spacial score (nSPS) is 17.4. The molecular weight excluding hydrogens is 269 g/mol. The Labute approximate surface area is 112 Å². The summed E-state index contributed by atoms with van der Waals surface area (Å²) in [5.41, 5.74) is 0.371. The van der Waals surface area contributed by atoms with Gasteiger partial charge in [0.15, 0.2) is 0 Å². The Kier molecular flexibility index (Phi) is 4.23. The zero-order valence-electron chi connectivity index (χ0n) is 10.8. The zero-order chi connectivity index (χ0) is 14.0. The van der Waals surface area contributed by atoms with E-state index in [1.54, 1.807) is 6.92 Å². The van der Waals surface area contributed by atoms with Crippen molar-refractivity contribution in [1.29, 1.82) is 0 Å². The average molecular weight is 287 g/mol. The van der Waals surface area contributed by atoms with Gasteiger partial charge in [-0.15, -0.1) is 0 Å². The highest BCUT2D eigenvalue weighted by Crippen LogP contribution is 2.33. The second kappa shape index (κ2) is 5.56. The van der Waals surface area contributed by atoms with Crippen LogP contribution in [0.2, 0.25) is 0 Å². The van der Waals surface area contributed by atoms with Gasteiger partial charge in [0, 0.05) is 6.54 Å². The van der Waals surface area contributed by atoms with Crippen LogP contribution >= 0.6 is 0 Å². The molecule has 0 radical (unpaired) electrons. The summed E-state index contributed by atoms with van der Waals surface area (Å²) < 4.78 is 39.4. The minimum absolute atomic E-state index is 0.0785. The molecule has 1 saturated carbocycles. The molecule has 0 aliphatic heterocycles. The van der Waals surface area contributed by atoms with Crippen LogP contribution in [0.1, 0.15) is 24.8 Å². The van der Waals surface area contributed by atoms with Gasteiger partial charge in [-0.05, 0) is 55.9 Å². The van der Waals surface area contributed by atoms with Gasteiger partial charge in [-0.1, -0.05) is 0 Å². The number of nitrogens with one attached hydrogen (secondary N) is 1. The monoisotopic (exact) mass is 287 g/mol. The van der Waals surface area contributed by atoms with Crippen molar-refractivity contribution in [1.82, 2.24) is 4.72 Å². The number of sulfonamides is 1. The highest BCUT2D eigenvalue weighted by atomic mass is 32.2. The summed E-state index contributed by atoms with van der Waals surface area (Å²) in [5.74, 6) is -0.127. The van der Waals surface area contributed by atoms with Crippen LogP contribution < -0.4 is 4.72 Å². The molecule has 19 heavy (non-hydrogen) atoms. The van der Waals surface area contributed by atoms with Gasteiger partial charge in [-0.25, -0.2) is 17.5 Å². The van der Waals surface area contributed by atoms with Crippen LogP contribution in [0, 0.1) is 18.7 Å². The highest BCUT2D eigenvalue weighted by Gasteiger charge is 2.29. The number of rotatable bonds is 6. The summed E-state index contributed by atoms with van der Waals surface area (Å²) in [6.07, 6.45) is 2.01. The Hall–Kier alpha value is -0.980. The van der Waals surface area contributed by atoms with Gasteiger partial charge in [-0.2, -0.15) is 0 Å². The number of hydrogen-bond acceptors (Lipinski definition) is 3. The van der Waals surface area contributed by atoms with Crippen molar-refractivity contribution in [2.24, 2.45) is 5.92 Å². The Morgan fingerprint density at radius 3 is 2.74 bits per heavy atom. The van der Waals surface area contributed by atoms with E-state index < -0.39 is 21.9 Å². The van der Waals surface area contributed by atoms with E-state index >= 15 is 0 Å². The van der Waals surface area contributed by atoms with E-state index in [0.717, 1.165) is 18.9 Å². The lowest BCUT2D eigenvalue weighted by atomic mass is 10.2. The largest absolute Gasteiger partial charge is 0.393 e. The fourth-order valence-electron chi connectivity index (χ4n) is 2.05. The molecule has 0 bridgehead atoms. The number of benzene rings is 1. The van der Waals surface area contributed by atoms with E-state index in [0.29, 0.717) is 17.9 Å². The fourth-order valence-corrected chi connectivity index (χ4v) is 3.32. The van der Waals surface area contributed by atoms with Crippen LogP contribution in [0.25, 0.3) is 0 Å². The predicted molar refractivity (Wildman–Crippen MR) is 69.7 cm³/mol. The van der Waals surface area contributed by atoms with Gasteiger partial charge in [0.2, 0.25) is 10.0 Å². The van der Waals surface area contributed by atoms with Gasteiger partial charge in [-0.3, -0.25) is 0 Å². The SMILES string of the molecule is Cc1cc(F)ccc1S(=O)(=O)NCC[C@@H](O)C1CC1. The number of aryl methyl sites for hydroxylation is 1. The van der Waals surface area contributed by atoms with Crippen LogP contribution in [0.5, 0.6) is 0 Å². The average Bonchev–Trinajstić information content (AvgIpc) is 3.11. The molecule has 1 atom stereocenters. The third-order valence-corrected chi connectivity index (χ3v) is 4.95. The molecule has 2 rings (SSSR count). The number of hydrogen-bond donors (Lipinski definition) is 2. The molecule has 0 aromatic heterocycles. The standard InChI is InChI=1S/C13H18FNO3S/c1-9-8-11(14)4-5-13(9)19(17,18)15-7-6-12(16)10-2-3-10/h4-5,8,10,12,15-16H,2-3,6-7H2,1H3/t12-/m1/s1. The van der Waals surface area contributed by atoms with Crippen LogP contribution in [-0.2, 0) is 10.0 Å². The van der Waals surface area contributed by atoms with Gasteiger partial charge < -0.3 is 5.11 Å². The Bertz CT molecular complexity index is 555. The molecule has 6 heteroatoms. The molecule has 0 unspecified atom stereocenters. The Morgan fingerprint density at radius 2 is 2.16 bits per heavy atom. The van der Waals surface area contributed by atoms with Crippen LogP contribution in [0.3, 0.4) is 0 Å². The maximum absolute atomic E-state index is 12.9. The summed E-state index contributed by atoms with van der Waals surface area (Å²) >= 11 is 0. The van der Waals surface area contributed by atoms with E-state index in [2.05, 4.69) is 4.72 Å². The molecule has 1 fully saturated rings. The maximum atomic E-state index is 12.9. The van der Waals surface area contributed by atoms with Gasteiger partial charge in [0.1, 0.15) is 5.82 Å². The molecule has 0 heterocycles. The summed E-state index contributed by atoms with van der Waals surface area (Å²) in [6.45, 7) is 1.74. The lowest BCUT2D eigenvalue weighted by molar-refractivity contribution is 0.143. The van der Waals surface area contributed by atoms with Crippen molar-refractivity contribution < 1.29 is 17.9 Å². The van der Waals surface area contributed by atoms with Crippen molar-refractivity contribution in [2.45, 2.75) is 37.2 Å². The van der Waals surface area contributed by atoms with Crippen molar-refractivity contribution in [3.63, 3.8) is 0 Å². The first kappa shape index (κ1) is 14.4. The Balaban J connectivity index is 1.97. The molecule has 2 N–H and O–H groups in total. The first-order valence-electron chi connectivity index (χ1n) is 6.34. The number of aliphatic hydroxyl groups is 1. The predicted octanol–water partition coefficient (Wildman–Crippen LogP) is 1.57. The Morgan fingerprint density at radius 1 is 1.47 bits per heavy atom. The number of halogens is 1. The first-order valence-corrected chi connectivity index (χ1v) is 7.82. The van der Waals surface area contributed by atoms with Crippen molar-refractivity contribution in [2.75, 3.05) is 6.54 Å². The molecule has 1 aromatic carbocycles. The second-order valence-electron chi connectivity index (χ2n) is 5.00. The maximum Gasteiger partial charge on any atom is 0.240 e. The van der Waals surface area contributed by atoms with E-state index in [1.807, 2.05) is 0 Å². The van der Waals surface area contributed by atoms with Crippen molar-refractivity contribution >= 4 is 10.0 Å². The fraction of sp³-hybridized carbons (Fsp3) is 0.538. The molecular formula is C13H18FNO3S. The van der Waals surface area contributed by atoms with Crippen LogP contribution in [0.4, 0.5) is 4.39 Å². The number of aliphatic hydroxyl groups excluding tert-OH is 1. The van der Waals surface area contributed by atoms with E-state index in [1.165, 1.54) is 12.1 Å². The van der Waals surface area contributed by atoms with Crippen LogP contribution in [-0.4, -0.2) is 26.2 Å².